The van der Waals surface area contributed by atoms with Crippen LogP contribution >= 0.6 is 39.1 Å². The molecule has 0 bridgehead atoms. The molecular weight excluding hydrogens is 371 g/mol. The predicted octanol–water partition coefficient (Wildman–Crippen LogP) is 6.79. The molecule has 0 saturated carbocycles. The van der Waals surface area contributed by atoms with E-state index < -0.39 is 0 Å². The number of alkyl halides is 1. The van der Waals surface area contributed by atoms with Crippen molar-refractivity contribution in [1.82, 2.24) is 0 Å². The molecule has 0 heterocycles. The highest BCUT2D eigenvalue weighted by molar-refractivity contribution is 9.10. The molecule has 0 aliphatic heterocycles. The first-order valence-corrected chi connectivity index (χ1v) is 8.08. The summed E-state index contributed by atoms with van der Waals surface area (Å²) in [4.78, 5) is 0. The third kappa shape index (κ3) is 3.34. The number of hydrogen-bond donors (Lipinski definition) is 0. The van der Waals surface area contributed by atoms with E-state index in [1.54, 1.807) is 6.07 Å². The molecule has 1 nitrogen and oxygen atoms in total. The average Bonchev–Trinajstić information content (AvgIpc) is 2.49. The Balaban J connectivity index is 1.96. The molecule has 0 atom stereocenters. The molecule has 0 fully saturated rings. The van der Waals surface area contributed by atoms with Gasteiger partial charge in [-0.1, -0.05) is 39.7 Å². The normalized spacial score (nSPS) is 10.8. The molecule has 0 unspecified atom stereocenters. The molecule has 3 rings (SSSR count). The number of halogens is 3. The second-order valence-electron chi connectivity index (χ2n) is 4.64. The maximum atomic E-state index is 5.97. The van der Waals surface area contributed by atoms with Crippen molar-refractivity contribution < 1.29 is 4.74 Å². The maximum absolute atomic E-state index is 5.97. The van der Waals surface area contributed by atoms with Crippen LogP contribution in [0.5, 0.6) is 11.5 Å². The molecule has 106 valence electrons. The molecular formula is C17H11BrCl2O. The summed E-state index contributed by atoms with van der Waals surface area (Å²) in [6.07, 6.45) is 0. The molecule has 0 aliphatic rings. The van der Waals surface area contributed by atoms with Gasteiger partial charge in [0.2, 0.25) is 0 Å². The lowest BCUT2D eigenvalue weighted by Crippen LogP contribution is -1.89. The van der Waals surface area contributed by atoms with Gasteiger partial charge in [-0.05, 0) is 53.2 Å². The van der Waals surface area contributed by atoms with Gasteiger partial charge in [0.1, 0.15) is 11.5 Å². The van der Waals surface area contributed by atoms with Crippen LogP contribution in [0.4, 0.5) is 0 Å². The van der Waals surface area contributed by atoms with Crippen LogP contribution in [0.25, 0.3) is 10.8 Å². The van der Waals surface area contributed by atoms with Gasteiger partial charge in [0.25, 0.3) is 0 Å². The topological polar surface area (TPSA) is 9.23 Å². The predicted molar refractivity (Wildman–Crippen MR) is 92.7 cm³/mol. The number of hydrogen-bond acceptors (Lipinski definition) is 1. The quantitative estimate of drug-likeness (QED) is 0.454. The van der Waals surface area contributed by atoms with Gasteiger partial charge >= 0.3 is 0 Å². The zero-order valence-electron chi connectivity index (χ0n) is 10.9. The zero-order valence-corrected chi connectivity index (χ0v) is 14.0. The summed E-state index contributed by atoms with van der Waals surface area (Å²) >= 11 is 15.4. The Bertz CT molecular complexity index is 802. The van der Waals surface area contributed by atoms with Crippen molar-refractivity contribution >= 4 is 49.9 Å². The Morgan fingerprint density at radius 3 is 2.48 bits per heavy atom. The summed E-state index contributed by atoms with van der Waals surface area (Å²) in [5.41, 5.74) is 0.875. The summed E-state index contributed by atoms with van der Waals surface area (Å²) < 4.78 is 7.00. The summed E-state index contributed by atoms with van der Waals surface area (Å²) in [5, 5.41) is 2.93. The molecule has 3 aromatic rings. The molecule has 4 heteroatoms. The first-order valence-electron chi connectivity index (χ1n) is 6.37. The molecule has 0 amide bonds. The summed E-state index contributed by atoms with van der Waals surface area (Å²) in [6.45, 7) is 0. The number of fused-ring (bicyclic) bond motifs is 1. The third-order valence-corrected chi connectivity index (χ3v) is 4.18. The van der Waals surface area contributed by atoms with Crippen LogP contribution in [0, 0.1) is 0 Å². The number of benzene rings is 3. The fraction of sp³-hybridized carbons (Fsp3) is 0.0588. The van der Waals surface area contributed by atoms with E-state index in [-0.39, 0.29) is 0 Å². The average molecular weight is 382 g/mol. The van der Waals surface area contributed by atoms with E-state index >= 15 is 0 Å². The van der Waals surface area contributed by atoms with E-state index in [0.29, 0.717) is 10.9 Å². The lowest BCUT2D eigenvalue weighted by atomic mass is 10.1. The van der Waals surface area contributed by atoms with Crippen LogP contribution in [0.3, 0.4) is 0 Å². The van der Waals surface area contributed by atoms with Crippen molar-refractivity contribution in [3.8, 4) is 11.5 Å². The van der Waals surface area contributed by atoms with Crippen molar-refractivity contribution in [1.29, 1.82) is 0 Å². The van der Waals surface area contributed by atoms with E-state index in [9.17, 15) is 0 Å². The van der Waals surface area contributed by atoms with Crippen molar-refractivity contribution in [2.75, 3.05) is 0 Å². The van der Waals surface area contributed by atoms with Gasteiger partial charge in [-0.3, -0.25) is 0 Å². The van der Waals surface area contributed by atoms with E-state index in [2.05, 4.69) is 28.1 Å². The fourth-order valence-corrected chi connectivity index (χ4v) is 2.92. The molecule has 0 saturated heterocycles. The highest BCUT2D eigenvalue weighted by Crippen LogP contribution is 2.31. The lowest BCUT2D eigenvalue weighted by molar-refractivity contribution is 0.479. The molecule has 0 radical (unpaired) electrons. The number of rotatable bonds is 3. The Morgan fingerprint density at radius 2 is 1.67 bits per heavy atom. The zero-order chi connectivity index (χ0) is 14.8. The Hall–Kier alpha value is -1.22. The number of ether oxygens (including phenoxy) is 1. The van der Waals surface area contributed by atoms with Crippen molar-refractivity contribution in [3.63, 3.8) is 0 Å². The Morgan fingerprint density at radius 1 is 0.905 bits per heavy atom. The molecule has 0 N–H and O–H groups in total. The van der Waals surface area contributed by atoms with Crippen LogP contribution in [0.1, 0.15) is 5.56 Å². The smallest absolute Gasteiger partial charge is 0.131 e. The van der Waals surface area contributed by atoms with E-state index in [1.165, 1.54) is 0 Å². The summed E-state index contributed by atoms with van der Waals surface area (Å²) in [5.74, 6) is 1.86. The van der Waals surface area contributed by atoms with Crippen LogP contribution < -0.4 is 4.74 Å². The van der Waals surface area contributed by atoms with E-state index in [0.717, 1.165) is 32.3 Å². The minimum Gasteiger partial charge on any atom is -0.457 e. The fourth-order valence-electron chi connectivity index (χ4n) is 2.14. The molecule has 0 aromatic heterocycles. The Kier molecular flexibility index (Phi) is 4.39. The minimum absolute atomic E-state index is 0.358. The first-order chi connectivity index (χ1) is 10.2. The van der Waals surface area contributed by atoms with Gasteiger partial charge in [0.15, 0.2) is 0 Å². The van der Waals surface area contributed by atoms with Crippen LogP contribution in [-0.4, -0.2) is 0 Å². The highest BCUT2D eigenvalue weighted by Gasteiger charge is 2.06. The molecule has 21 heavy (non-hydrogen) atoms. The highest BCUT2D eigenvalue weighted by atomic mass is 79.9. The maximum Gasteiger partial charge on any atom is 0.131 e. The second kappa shape index (κ2) is 6.27. The van der Waals surface area contributed by atoms with Gasteiger partial charge < -0.3 is 4.74 Å². The Labute approximate surface area is 141 Å². The standard InChI is InChI=1S/C17H11BrCl2O/c18-14-3-1-12-9-16(5-2-11(12)7-14)21-17-6-4-15(20)8-13(17)10-19/h1-9H,10H2. The second-order valence-corrected chi connectivity index (χ2v) is 6.26. The van der Waals surface area contributed by atoms with E-state index in [4.69, 9.17) is 27.9 Å². The minimum atomic E-state index is 0.358. The van der Waals surface area contributed by atoms with Gasteiger partial charge in [0.05, 0.1) is 5.88 Å². The van der Waals surface area contributed by atoms with Crippen molar-refractivity contribution in [2.45, 2.75) is 5.88 Å². The van der Waals surface area contributed by atoms with Crippen molar-refractivity contribution in [2.24, 2.45) is 0 Å². The molecule has 3 aromatic carbocycles. The van der Waals surface area contributed by atoms with Crippen LogP contribution in [0.15, 0.2) is 59.1 Å². The lowest BCUT2D eigenvalue weighted by Gasteiger charge is -2.11. The summed E-state index contributed by atoms with van der Waals surface area (Å²) in [6, 6.07) is 17.6. The van der Waals surface area contributed by atoms with Gasteiger partial charge in [-0.15, -0.1) is 11.6 Å². The van der Waals surface area contributed by atoms with Crippen LogP contribution in [0.2, 0.25) is 5.02 Å². The van der Waals surface area contributed by atoms with Crippen molar-refractivity contribution in [3.05, 3.63) is 69.7 Å². The summed E-state index contributed by atoms with van der Waals surface area (Å²) in [7, 11) is 0. The monoisotopic (exact) mass is 380 g/mol. The van der Waals surface area contributed by atoms with E-state index in [1.807, 2.05) is 36.4 Å². The SMILES string of the molecule is ClCc1cc(Cl)ccc1Oc1ccc2cc(Br)ccc2c1. The third-order valence-electron chi connectivity index (χ3n) is 3.17. The molecule has 0 spiro atoms. The van der Waals surface area contributed by atoms with Gasteiger partial charge in [-0.2, -0.15) is 0 Å². The van der Waals surface area contributed by atoms with Crippen LogP contribution in [-0.2, 0) is 5.88 Å². The molecule has 0 aliphatic carbocycles. The largest absolute Gasteiger partial charge is 0.457 e. The van der Waals surface area contributed by atoms with Gasteiger partial charge in [-0.25, -0.2) is 0 Å². The van der Waals surface area contributed by atoms with Gasteiger partial charge in [0, 0.05) is 15.1 Å². The first kappa shape index (κ1) is 14.7.